The molecule has 1 N–H and O–H groups in total. The Morgan fingerprint density at radius 1 is 1.21 bits per heavy atom. The van der Waals surface area contributed by atoms with Gasteiger partial charge in [0.25, 0.3) is 5.91 Å². The standard InChI is InChI=1S/C23H34N4O2/c1-5-6-7-13-26(4)23(29)18-8-10-19(11-9-18)25-22(28)20-12-14-27-17(3)15-16(2)24-21(20)27/h12,14-15,18-19H,5-11,13H2,1-4H3,(H,25,28). The molecule has 2 aromatic heterocycles. The van der Waals surface area contributed by atoms with Crippen LogP contribution in [0, 0.1) is 19.8 Å². The van der Waals surface area contributed by atoms with Crippen molar-refractivity contribution in [2.75, 3.05) is 13.6 Å². The largest absolute Gasteiger partial charge is 0.349 e. The maximum atomic E-state index is 12.8. The first-order valence-electron chi connectivity index (χ1n) is 10.9. The van der Waals surface area contributed by atoms with Crippen molar-refractivity contribution in [3.8, 4) is 0 Å². The van der Waals surface area contributed by atoms with Crippen LogP contribution in [0.2, 0.25) is 0 Å². The van der Waals surface area contributed by atoms with Crippen LogP contribution >= 0.6 is 0 Å². The molecule has 2 heterocycles. The highest BCUT2D eigenvalue weighted by Crippen LogP contribution is 2.26. The van der Waals surface area contributed by atoms with Gasteiger partial charge in [-0.2, -0.15) is 0 Å². The van der Waals surface area contributed by atoms with E-state index in [1.165, 1.54) is 12.8 Å². The molecule has 0 aliphatic heterocycles. The summed E-state index contributed by atoms with van der Waals surface area (Å²) >= 11 is 0. The maximum Gasteiger partial charge on any atom is 0.255 e. The average Bonchev–Trinajstić information content (AvgIpc) is 3.12. The van der Waals surface area contributed by atoms with Gasteiger partial charge in [0.15, 0.2) is 0 Å². The summed E-state index contributed by atoms with van der Waals surface area (Å²) in [7, 11) is 1.92. The highest BCUT2D eigenvalue weighted by atomic mass is 16.2. The van der Waals surface area contributed by atoms with E-state index in [9.17, 15) is 9.59 Å². The lowest BCUT2D eigenvalue weighted by Gasteiger charge is -2.31. The van der Waals surface area contributed by atoms with E-state index in [0.717, 1.165) is 50.0 Å². The van der Waals surface area contributed by atoms with Crippen LogP contribution in [0.5, 0.6) is 0 Å². The first kappa shape index (κ1) is 21.3. The number of hydrogen-bond donors (Lipinski definition) is 1. The Labute approximate surface area is 173 Å². The molecule has 158 valence electrons. The van der Waals surface area contributed by atoms with E-state index in [1.807, 2.05) is 48.5 Å². The summed E-state index contributed by atoms with van der Waals surface area (Å²) in [6.45, 7) is 6.98. The second-order valence-electron chi connectivity index (χ2n) is 8.45. The minimum Gasteiger partial charge on any atom is -0.349 e. The first-order valence-corrected chi connectivity index (χ1v) is 10.9. The Morgan fingerprint density at radius 2 is 1.93 bits per heavy atom. The zero-order valence-corrected chi connectivity index (χ0v) is 18.2. The van der Waals surface area contributed by atoms with E-state index in [0.29, 0.717) is 11.2 Å². The van der Waals surface area contributed by atoms with Crippen molar-refractivity contribution in [1.29, 1.82) is 0 Å². The molecule has 1 fully saturated rings. The topological polar surface area (TPSA) is 66.7 Å². The van der Waals surface area contributed by atoms with Crippen molar-refractivity contribution in [3.63, 3.8) is 0 Å². The van der Waals surface area contributed by atoms with Gasteiger partial charge >= 0.3 is 0 Å². The summed E-state index contributed by atoms with van der Waals surface area (Å²) in [6, 6.07) is 3.97. The van der Waals surface area contributed by atoms with E-state index in [1.54, 1.807) is 0 Å². The minimum absolute atomic E-state index is 0.0727. The van der Waals surface area contributed by atoms with Crippen LogP contribution in [0.25, 0.3) is 5.65 Å². The molecule has 6 heteroatoms. The lowest BCUT2D eigenvalue weighted by atomic mass is 9.85. The van der Waals surface area contributed by atoms with Gasteiger partial charge in [-0.15, -0.1) is 0 Å². The van der Waals surface area contributed by atoms with Gasteiger partial charge < -0.3 is 14.6 Å². The Bertz CT molecular complexity index is 865. The normalized spacial score (nSPS) is 19.3. The third-order valence-corrected chi connectivity index (χ3v) is 6.07. The highest BCUT2D eigenvalue weighted by Gasteiger charge is 2.29. The van der Waals surface area contributed by atoms with Crippen molar-refractivity contribution in [2.24, 2.45) is 5.92 Å². The zero-order valence-electron chi connectivity index (χ0n) is 18.2. The molecule has 0 spiro atoms. The predicted molar refractivity (Wildman–Crippen MR) is 115 cm³/mol. The molecular weight excluding hydrogens is 364 g/mol. The van der Waals surface area contributed by atoms with Crippen LogP contribution in [-0.2, 0) is 4.79 Å². The Hall–Kier alpha value is -2.37. The SMILES string of the molecule is CCCCCN(C)C(=O)C1CCC(NC(=O)c2ccn3c(C)cc(C)nc23)CC1. The second kappa shape index (κ2) is 9.42. The summed E-state index contributed by atoms with van der Waals surface area (Å²) in [5, 5.41) is 3.17. The van der Waals surface area contributed by atoms with Crippen molar-refractivity contribution in [3.05, 3.63) is 35.3 Å². The zero-order chi connectivity index (χ0) is 21.0. The monoisotopic (exact) mass is 398 g/mol. The van der Waals surface area contributed by atoms with Gasteiger partial charge in [-0.05, 0) is 58.1 Å². The summed E-state index contributed by atoms with van der Waals surface area (Å²) in [6.07, 6.45) is 8.69. The predicted octanol–water partition coefficient (Wildman–Crippen LogP) is 3.89. The summed E-state index contributed by atoms with van der Waals surface area (Å²) in [4.78, 5) is 31.9. The fourth-order valence-electron chi connectivity index (χ4n) is 4.34. The summed E-state index contributed by atoms with van der Waals surface area (Å²) in [5.41, 5.74) is 3.29. The summed E-state index contributed by atoms with van der Waals surface area (Å²) < 4.78 is 1.95. The van der Waals surface area contributed by atoms with Gasteiger partial charge in [0.05, 0.1) is 5.56 Å². The van der Waals surface area contributed by atoms with Crippen LogP contribution in [0.15, 0.2) is 18.3 Å². The molecule has 0 radical (unpaired) electrons. The van der Waals surface area contributed by atoms with Crippen LogP contribution in [0.3, 0.4) is 0 Å². The Morgan fingerprint density at radius 3 is 2.62 bits per heavy atom. The van der Waals surface area contributed by atoms with Gasteiger partial charge in [-0.25, -0.2) is 4.98 Å². The van der Waals surface area contributed by atoms with Gasteiger partial charge in [-0.3, -0.25) is 9.59 Å². The molecule has 0 bridgehead atoms. The number of fused-ring (bicyclic) bond motifs is 1. The number of carbonyl (C=O) groups is 2. The smallest absolute Gasteiger partial charge is 0.255 e. The molecule has 29 heavy (non-hydrogen) atoms. The molecule has 1 saturated carbocycles. The van der Waals surface area contributed by atoms with E-state index < -0.39 is 0 Å². The molecule has 0 aromatic carbocycles. The molecule has 6 nitrogen and oxygen atoms in total. The van der Waals surface area contributed by atoms with Crippen LogP contribution in [-0.4, -0.2) is 45.7 Å². The molecule has 3 rings (SSSR count). The van der Waals surface area contributed by atoms with Crippen molar-refractivity contribution in [2.45, 2.75) is 71.8 Å². The van der Waals surface area contributed by atoms with Crippen molar-refractivity contribution in [1.82, 2.24) is 19.6 Å². The highest BCUT2D eigenvalue weighted by molar-refractivity contribution is 6.00. The molecule has 0 unspecified atom stereocenters. The number of hydrogen-bond acceptors (Lipinski definition) is 3. The molecule has 2 amide bonds. The quantitative estimate of drug-likeness (QED) is 0.720. The van der Waals surface area contributed by atoms with E-state index in [2.05, 4.69) is 17.2 Å². The number of aromatic nitrogens is 2. The molecule has 1 aliphatic rings. The minimum atomic E-state index is -0.0727. The number of nitrogens with one attached hydrogen (secondary N) is 1. The Kier molecular flexibility index (Phi) is 6.93. The number of carbonyl (C=O) groups excluding carboxylic acids is 2. The fourth-order valence-corrected chi connectivity index (χ4v) is 4.34. The number of rotatable bonds is 7. The number of aryl methyl sites for hydroxylation is 2. The number of unbranched alkanes of at least 4 members (excludes halogenated alkanes) is 2. The van der Waals surface area contributed by atoms with E-state index >= 15 is 0 Å². The lowest BCUT2D eigenvalue weighted by Crippen LogP contribution is -2.41. The molecule has 0 atom stereocenters. The third-order valence-electron chi connectivity index (χ3n) is 6.07. The lowest BCUT2D eigenvalue weighted by molar-refractivity contribution is -0.135. The van der Waals surface area contributed by atoms with Crippen molar-refractivity contribution < 1.29 is 9.59 Å². The van der Waals surface area contributed by atoms with Crippen LogP contribution in [0.1, 0.15) is 73.6 Å². The Balaban J connectivity index is 1.54. The van der Waals surface area contributed by atoms with Crippen LogP contribution < -0.4 is 5.32 Å². The van der Waals surface area contributed by atoms with Gasteiger partial charge in [0, 0.05) is 43.1 Å². The average molecular weight is 399 g/mol. The third kappa shape index (κ3) is 4.98. The van der Waals surface area contributed by atoms with Crippen LogP contribution in [0.4, 0.5) is 0 Å². The van der Waals surface area contributed by atoms with Gasteiger partial charge in [0.2, 0.25) is 5.91 Å². The first-order chi connectivity index (χ1) is 13.9. The molecule has 0 saturated heterocycles. The van der Waals surface area contributed by atoms with E-state index in [4.69, 9.17) is 0 Å². The maximum absolute atomic E-state index is 12.8. The second-order valence-corrected chi connectivity index (χ2v) is 8.45. The fraction of sp³-hybridized carbons (Fsp3) is 0.609. The van der Waals surface area contributed by atoms with E-state index in [-0.39, 0.29) is 23.8 Å². The van der Waals surface area contributed by atoms with Gasteiger partial charge in [-0.1, -0.05) is 19.8 Å². The molecule has 1 aliphatic carbocycles. The number of amides is 2. The molecular formula is C23H34N4O2. The van der Waals surface area contributed by atoms with Gasteiger partial charge in [0.1, 0.15) is 5.65 Å². The van der Waals surface area contributed by atoms with Crippen molar-refractivity contribution >= 4 is 17.5 Å². The molecule has 2 aromatic rings. The summed E-state index contributed by atoms with van der Waals surface area (Å²) in [5.74, 6) is 0.285. The number of nitrogens with zero attached hydrogens (tertiary/aromatic N) is 3.